The molecule has 4 aromatic rings. The summed E-state index contributed by atoms with van der Waals surface area (Å²) in [5.74, 6) is -1.94. The van der Waals surface area contributed by atoms with Gasteiger partial charge in [0.2, 0.25) is 0 Å². The minimum atomic E-state index is -0.969. The van der Waals surface area contributed by atoms with Crippen molar-refractivity contribution in [3.63, 3.8) is 0 Å². The van der Waals surface area contributed by atoms with Crippen molar-refractivity contribution in [2.45, 2.75) is 19.6 Å². The molecule has 0 radical (unpaired) electrons. The first-order chi connectivity index (χ1) is 18.5. The molecule has 186 valence electrons. The van der Waals surface area contributed by atoms with Crippen molar-refractivity contribution in [1.29, 1.82) is 0 Å². The molecule has 2 aliphatic rings. The summed E-state index contributed by atoms with van der Waals surface area (Å²) >= 11 is 6.81. The number of thioether (sulfide) groups is 4. The number of carboxylic acid groups (broad SMARTS) is 2. The molecule has 38 heavy (non-hydrogen) atoms. The van der Waals surface area contributed by atoms with E-state index in [0.717, 1.165) is 30.7 Å². The summed E-state index contributed by atoms with van der Waals surface area (Å²) in [5.41, 5.74) is 4.26. The average molecular weight is 571 g/mol. The summed E-state index contributed by atoms with van der Waals surface area (Å²) in [5, 5.41) is 19.0. The second kappa shape index (κ2) is 10.5. The topological polar surface area (TPSA) is 74.6 Å². The fraction of sp³-hybridized carbons (Fsp3) is 0. The smallest absolute Gasteiger partial charge is 0.335 e. The lowest BCUT2D eigenvalue weighted by atomic mass is 9.93. The minimum absolute atomic E-state index is 0.227. The van der Waals surface area contributed by atoms with Crippen molar-refractivity contribution in [2.75, 3.05) is 0 Å². The molecule has 0 saturated heterocycles. The lowest BCUT2D eigenvalue weighted by Crippen LogP contribution is -2.00. The van der Waals surface area contributed by atoms with Crippen LogP contribution in [0.3, 0.4) is 0 Å². The molecule has 2 N–H and O–H groups in total. The van der Waals surface area contributed by atoms with Gasteiger partial charge < -0.3 is 10.2 Å². The fourth-order valence-corrected chi connectivity index (χ4v) is 9.43. The van der Waals surface area contributed by atoms with E-state index in [-0.39, 0.29) is 11.1 Å². The maximum Gasteiger partial charge on any atom is 0.335 e. The molecule has 0 amide bonds. The van der Waals surface area contributed by atoms with E-state index >= 15 is 0 Å². The molecule has 2 aliphatic heterocycles. The number of carboxylic acids is 2. The molecule has 0 saturated carbocycles. The van der Waals surface area contributed by atoms with E-state index in [9.17, 15) is 19.8 Å². The highest BCUT2D eigenvalue weighted by Crippen LogP contribution is 2.60. The SMILES string of the molecule is O=C(O)c1ccc(C(=C2Sc3ccccc3S2)C(=C2Sc3ccccc3S2)c2ccc(C(=O)O)cc2)cc1. The highest BCUT2D eigenvalue weighted by molar-refractivity contribution is 8.25. The maximum absolute atomic E-state index is 11.6. The Hall–Kier alpha value is -3.30. The van der Waals surface area contributed by atoms with E-state index in [2.05, 4.69) is 24.3 Å². The van der Waals surface area contributed by atoms with Crippen molar-refractivity contribution >= 4 is 70.1 Å². The molecule has 8 heteroatoms. The van der Waals surface area contributed by atoms with Gasteiger partial charge in [-0.3, -0.25) is 0 Å². The summed E-state index contributed by atoms with van der Waals surface area (Å²) in [4.78, 5) is 27.9. The first-order valence-electron chi connectivity index (χ1n) is 11.5. The van der Waals surface area contributed by atoms with Crippen molar-refractivity contribution in [1.82, 2.24) is 0 Å². The zero-order valence-corrected chi connectivity index (χ0v) is 22.8. The van der Waals surface area contributed by atoms with Crippen molar-refractivity contribution in [2.24, 2.45) is 0 Å². The normalized spacial score (nSPS) is 13.7. The van der Waals surface area contributed by atoms with Gasteiger partial charge in [0.25, 0.3) is 0 Å². The zero-order valence-electron chi connectivity index (χ0n) is 19.6. The molecule has 2 heterocycles. The largest absolute Gasteiger partial charge is 0.478 e. The zero-order chi connectivity index (χ0) is 26.2. The van der Waals surface area contributed by atoms with E-state index in [0.29, 0.717) is 0 Å². The van der Waals surface area contributed by atoms with Gasteiger partial charge in [0, 0.05) is 30.7 Å². The molecule has 4 nitrogen and oxygen atoms in total. The molecule has 4 aromatic carbocycles. The molecule has 0 unspecified atom stereocenters. The summed E-state index contributed by atoms with van der Waals surface area (Å²) in [6.45, 7) is 0. The summed E-state index contributed by atoms with van der Waals surface area (Å²) in [6.07, 6.45) is 0. The number of hydrogen-bond donors (Lipinski definition) is 2. The average Bonchev–Trinajstić information content (AvgIpc) is 3.56. The first kappa shape index (κ1) is 25.0. The Balaban J connectivity index is 1.59. The Morgan fingerprint density at radius 1 is 0.421 bits per heavy atom. The highest BCUT2D eigenvalue weighted by atomic mass is 32.2. The fourth-order valence-electron chi connectivity index (χ4n) is 4.17. The van der Waals surface area contributed by atoms with Crippen LogP contribution in [-0.4, -0.2) is 22.2 Å². The lowest BCUT2D eigenvalue weighted by molar-refractivity contribution is 0.0686. The molecule has 0 atom stereocenters. The lowest BCUT2D eigenvalue weighted by Gasteiger charge is -2.18. The van der Waals surface area contributed by atoms with E-state index < -0.39 is 11.9 Å². The van der Waals surface area contributed by atoms with Crippen molar-refractivity contribution < 1.29 is 19.8 Å². The van der Waals surface area contributed by atoms with Crippen LogP contribution in [-0.2, 0) is 0 Å². The number of carbonyl (C=O) groups is 2. The van der Waals surface area contributed by atoms with Crippen LogP contribution in [0, 0.1) is 0 Å². The van der Waals surface area contributed by atoms with Gasteiger partial charge in [-0.25, -0.2) is 9.59 Å². The van der Waals surface area contributed by atoms with Gasteiger partial charge in [0.1, 0.15) is 0 Å². The van der Waals surface area contributed by atoms with Crippen LogP contribution in [0.1, 0.15) is 31.8 Å². The third kappa shape index (κ3) is 4.80. The third-order valence-electron chi connectivity index (χ3n) is 6.01. The first-order valence-corrected chi connectivity index (χ1v) is 14.8. The quantitative estimate of drug-likeness (QED) is 0.246. The van der Waals surface area contributed by atoms with E-state index in [1.807, 2.05) is 48.5 Å². The van der Waals surface area contributed by atoms with Gasteiger partial charge in [0.05, 0.1) is 19.6 Å². The predicted molar refractivity (Wildman–Crippen MR) is 157 cm³/mol. The Morgan fingerprint density at radius 2 is 0.684 bits per heavy atom. The van der Waals surface area contributed by atoms with Crippen LogP contribution in [0.25, 0.3) is 11.1 Å². The Kier molecular flexibility index (Phi) is 6.88. The molecule has 0 spiro atoms. The Morgan fingerprint density at radius 3 is 0.947 bits per heavy atom. The van der Waals surface area contributed by atoms with Gasteiger partial charge >= 0.3 is 11.9 Å². The molecule has 6 rings (SSSR count). The molecule has 0 fully saturated rings. The molecule has 0 aliphatic carbocycles. The monoisotopic (exact) mass is 570 g/mol. The van der Waals surface area contributed by atoms with Gasteiger partial charge in [-0.15, -0.1) is 0 Å². The molecular weight excluding hydrogens is 553 g/mol. The number of aromatic carboxylic acids is 2. The van der Waals surface area contributed by atoms with Crippen LogP contribution in [0.2, 0.25) is 0 Å². The second-order valence-corrected chi connectivity index (χ2v) is 13.1. The van der Waals surface area contributed by atoms with Crippen LogP contribution in [0.15, 0.2) is 125 Å². The number of rotatable bonds is 5. The molecular formula is C30H18O4S4. The van der Waals surface area contributed by atoms with Crippen LogP contribution < -0.4 is 0 Å². The second-order valence-electron chi connectivity index (χ2n) is 8.39. The highest BCUT2D eigenvalue weighted by Gasteiger charge is 2.29. The Labute approximate surface area is 236 Å². The van der Waals surface area contributed by atoms with Crippen LogP contribution >= 0.6 is 47.0 Å². The number of fused-ring (bicyclic) bond motifs is 2. The number of allylic oxidation sites excluding steroid dienone is 2. The summed E-state index contributed by atoms with van der Waals surface area (Å²) in [6, 6.07) is 30.5. The number of hydrogen-bond acceptors (Lipinski definition) is 6. The summed E-state index contributed by atoms with van der Waals surface area (Å²) in [7, 11) is 0. The van der Waals surface area contributed by atoms with Crippen molar-refractivity contribution in [3.8, 4) is 0 Å². The standard InChI is InChI=1S/C30H18O4S4/c31-27(32)19-13-9-17(10-14-19)25(29-35-21-5-1-2-6-22(21)36-29)26(18-11-15-20(16-12-18)28(33)34)30-37-23-7-3-4-8-24(23)38-30/h1-16H,(H,31,32)(H,33,34). The summed E-state index contributed by atoms with van der Waals surface area (Å²) < 4.78 is 2.19. The Bertz CT molecular complexity index is 1480. The van der Waals surface area contributed by atoms with Gasteiger partial charge in [-0.1, -0.05) is 95.6 Å². The van der Waals surface area contributed by atoms with Crippen LogP contribution in [0.4, 0.5) is 0 Å². The predicted octanol–water partition coefficient (Wildman–Crippen LogP) is 8.92. The maximum atomic E-state index is 11.6. The van der Waals surface area contributed by atoms with E-state index in [1.165, 1.54) is 19.6 Å². The van der Waals surface area contributed by atoms with Gasteiger partial charge in [-0.2, -0.15) is 0 Å². The van der Waals surface area contributed by atoms with Gasteiger partial charge in [0.15, 0.2) is 0 Å². The van der Waals surface area contributed by atoms with E-state index in [1.54, 1.807) is 71.3 Å². The minimum Gasteiger partial charge on any atom is -0.478 e. The van der Waals surface area contributed by atoms with Gasteiger partial charge in [-0.05, 0) is 59.7 Å². The van der Waals surface area contributed by atoms with Crippen LogP contribution in [0.5, 0.6) is 0 Å². The van der Waals surface area contributed by atoms with E-state index in [4.69, 9.17) is 0 Å². The number of benzene rings is 4. The van der Waals surface area contributed by atoms with Crippen molar-refractivity contribution in [3.05, 3.63) is 128 Å². The third-order valence-corrected chi connectivity index (χ3v) is 11.1. The molecule has 0 bridgehead atoms. The molecule has 0 aromatic heterocycles.